The van der Waals surface area contributed by atoms with Crippen LogP contribution < -0.4 is 5.73 Å². The topological polar surface area (TPSA) is 51.8 Å². The van der Waals surface area contributed by atoms with Crippen LogP contribution in [0.5, 0.6) is 0 Å². The molecule has 3 rings (SSSR count). The summed E-state index contributed by atoms with van der Waals surface area (Å²) < 4.78 is 0. The van der Waals surface area contributed by atoms with Crippen LogP contribution in [-0.4, -0.2) is 9.97 Å². The van der Waals surface area contributed by atoms with Crippen molar-refractivity contribution >= 4 is 38.0 Å². The first kappa shape index (κ1) is 8.82. The van der Waals surface area contributed by atoms with Gasteiger partial charge in [-0.25, -0.2) is 9.97 Å². The van der Waals surface area contributed by atoms with Crippen molar-refractivity contribution in [1.29, 1.82) is 0 Å². The average molecular weight is 233 g/mol. The molecule has 5 heteroatoms. The van der Waals surface area contributed by atoms with Crippen molar-refractivity contribution in [2.45, 2.75) is 0 Å². The molecule has 3 aromatic heterocycles. The van der Waals surface area contributed by atoms with E-state index in [1.165, 1.54) is 11.3 Å². The summed E-state index contributed by atoms with van der Waals surface area (Å²) in [5, 5.41) is 3.74. The first-order valence-corrected chi connectivity index (χ1v) is 6.09. The number of anilines is 1. The van der Waals surface area contributed by atoms with E-state index in [1.807, 2.05) is 23.6 Å². The van der Waals surface area contributed by atoms with Crippen LogP contribution in [0.4, 0.5) is 5.00 Å². The minimum atomic E-state index is 0.814. The van der Waals surface area contributed by atoms with E-state index in [-0.39, 0.29) is 0 Å². The Labute approximate surface area is 94.2 Å². The SMILES string of the molecule is Nc1sccc1-c1nc2cccnc2s1. The van der Waals surface area contributed by atoms with E-state index in [4.69, 9.17) is 5.73 Å². The maximum atomic E-state index is 5.86. The van der Waals surface area contributed by atoms with Crippen LogP contribution in [0.25, 0.3) is 20.9 Å². The Morgan fingerprint density at radius 2 is 2.20 bits per heavy atom. The molecule has 0 spiro atoms. The highest BCUT2D eigenvalue weighted by Gasteiger charge is 2.09. The number of nitrogens with two attached hydrogens (primary N) is 1. The van der Waals surface area contributed by atoms with Crippen molar-refractivity contribution in [2.24, 2.45) is 0 Å². The lowest BCUT2D eigenvalue weighted by Gasteiger charge is -1.90. The molecule has 74 valence electrons. The van der Waals surface area contributed by atoms with Gasteiger partial charge in [0.2, 0.25) is 0 Å². The van der Waals surface area contributed by atoms with Gasteiger partial charge in [0.15, 0.2) is 0 Å². The number of thiazole rings is 1. The van der Waals surface area contributed by atoms with E-state index < -0.39 is 0 Å². The van der Waals surface area contributed by atoms with E-state index >= 15 is 0 Å². The van der Waals surface area contributed by atoms with E-state index in [1.54, 1.807) is 17.5 Å². The van der Waals surface area contributed by atoms with Gasteiger partial charge >= 0.3 is 0 Å². The van der Waals surface area contributed by atoms with Crippen LogP contribution in [0.3, 0.4) is 0 Å². The third-order valence-electron chi connectivity index (χ3n) is 2.09. The molecule has 0 aromatic carbocycles. The molecule has 0 unspecified atom stereocenters. The summed E-state index contributed by atoms with van der Waals surface area (Å²) >= 11 is 3.11. The van der Waals surface area contributed by atoms with Crippen molar-refractivity contribution < 1.29 is 0 Å². The number of aromatic nitrogens is 2. The van der Waals surface area contributed by atoms with Gasteiger partial charge in [-0.15, -0.1) is 11.3 Å². The lowest BCUT2D eigenvalue weighted by Crippen LogP contribution is -1.81. The van der Waals surface area contributed by atoms with Crippen molar-refractivity contribution in [1.82, 2.24) is 9.97 Å². The number of hydrogen-bond donors (Lipinski definition) is 1. The third-order valence-corrected chi connectivity index (χ3v) is 3.85. The maximum absolute atomic E-state index is 5.86. The molecule has 0 saturated carbocycles. The Morgan fingerprint density at radius 3 is 2.93 bits per heavy atom. The second-order valence-corrected chi connectivity index (χ2v) is 4.97. The van der Waals surface area contributed by atoms with Crippen molar-refractivity contribution in [3.8, 4) is 10.6 Å². The first-order valence-electron chi connectivity index (χ1n) is 4.39. The maximum Gasteiger partial charge on any atom is 0.143 e. The number of thiophene rings is 1. The van der Waals surface area contributed by atoms with Gasteiger partial charge < -0.3 is 5.73 Å². The van der Waals surface area contributed by atoms with Crippen LogP contribution >= 0.6 is 22.7 Å². The van der Waals surface area contributed by atoms with Gasteiger partial charge in [-0.2, -0.15) is 0 Å². The standard InChI is InChI=1S/C10H7N3S2/c11-8-6(3-5-14-8)9-13-7-2-1-4-12-10(7)15-9/h1-5H,11H2. The zero-order chi connectivity index (χ0) is 10.3. The number of fused-ring (bicyclic) bond motifs is 1. The molecular weight excluding hydrogens is 226 g/mol. The fourth-order valence-corrected chi connectivity index (χ4v) is 3.04. The van der Waals surface area contributed by atoms with E-state index in [0.29, 0.717) is 0 Å². The summed E-state index contributed by atoms with van der Waals surface area (Å²) in [6.45, 7) is 0. The summed E-state index contributed by atoms with van der Waals surface area (Å²) in [5.41, 5.74) is 7.81. The predicted molar refractivity (Wildman–Crippen MR) is 65.1 cm³/mol. The number of hydrogen-bond acceptors (Lipinski definition) is 5. The van der Waals surface area contributed by atoms with Crippen molar-refractivity contribution in [2.75, 3.05) is 5.73 Å². The Kier molecular flexibility index (Phi) is 1.93. The molecule has 15 heavy (non-hydrogen) atoms. The number of pyridine rings is 1. The molecule has 3 heterocycles. The zero-order valence-electron chi connectivity index (χ0n) is 7.68. The number of rotatable bonds is 1. The summed E-state index contributed by atoms with van der Waals surface area (Å²) in [6, 6.07) is 5.85. The molecule has 3 nitrogen and oxygen atoms in total. The summed E-state index contributed by atoms with van der Waals surface area (Å²) in [4.78, 5) is 9.72. The fraction of sp³-hybridized carbons (Fsp3) is 0. The fourth-order valence-electron chi connectivity index (χ4n) is 1.38. The minimum Gasteiger partial charge on any atom is -0.390 e. The van der Waals surface area contributed by atoms with Gasteiger partial charge in [0.1, 0.15) is 15.4 Å². The summed E-state index contributed by atoms with van der Waals surface area (Å²) in [5.74, 6) is 0. The Bertz CT molecular complexity index is 579. The molecule has 0 amide bonds. The molecule has 0 aliphatic rings. The zero-order valence-corrected chi connectivity index (χ0v) is 9.31. The second-order valence-electron chi connectivity index (χ2n) is 3.05. The van der Waals surface area contributed by atoms with Crippen LogP contribution in [0.15, 0.2) is 29.8 Å². The lowest BCUT2D eigenvalue weighted by atomic mass is 10.3. The van der Waals surface area contributed by atoms with Crippen LogP contribution in [0.2, 0.25) is 0 Å². The van der Waals surface area contributed by atoms with Crippen LogP contribution in [0.1, 0.15) is 0 Å². The predicted octanol–water partition coefficient (Wildman–Crippen LogP) is 3.00. The van der Waals surface area contributed by atoms with E-state index in [9.17, 15) is 0 Å². The molecule has 0 saturated heterocycles. The van der Waals surface area contributed by atoms with Gasteiger partial charge in [-0.05, 0) is 23.6 Å². The van der Waals surface area contributed by atoms with Crippen molar-refractivity contribution in [3.63, 3.8) is 0 Å². The average Bonchev–Trinajstić information content (AvgIpc) is 2.82. The molecule has 0 radical (unpaired) electrons. The molecule has 0 atom stereocenters. The molecular formula is C10H7N3S2. The van der Waals surface area contributed by atoms with E-state index in [0.717, 1.165) is 25.9 Å². The molecule has 3 aromatic rings. The van der Waals surface area contributed by atoms with Crippen molar-refractivity contribution in [3.05, 3.63) is 29.8 Å². The molecule has 0 fully saturated rings. The van der Waals surface area contributed by atoms with Gasteiger partial charge in [0.25, 0.3) is 0 Å². The van der Waals surface area contributed by atoms with Gasteiger partial charge in [-0.3, -0.25) is 0 Å². The highest BCUT2D eigenvalue weighted by atomic mass is 32.1. The largest absolute Gasteiger partial charge is 0.390 e. The van der Waals surface area contributed by atoms with Gasteiger partial charge in [0, 0.05) is 11.8 Å². The molecule has 0 bridgehead atoms. The Morgan fingerprint density at radius 1 is 1.27 bits per heavy atom. The highest BCUT2D eigenvalue weighted by Crippen LogP contribution is 2.34. The molecule has 2 N–H and O–H groups in total. The normalized spacial score (nSPS) is 10.9. The van der Waals surface area contributed by atoms with E-state index in [2.05, 4.69) is 9.97 Å². The molecule has 0 aliphatic carbocycles. The summed E-state index contributed by atoms with van der Waals surface area (Å²) in [6.07, 6.45) is 1.78. The van der Waals surface area contributed by atoms with Gasteiger partial charge in [0.05, 0.1) is 5.00 Å². The monoisotopic (exact) mass is 233 g/mol. The number of nitrogens with zero attached hydrogens (tertiary/aromatic N) is 2. The quantitative estimate of drug-likeness (QED) is 0.703. The highest BCUT2D eigenvalue weighted by molar-refractivity contribution is 7.22. The smallest absolute Gasteiger partial charge is 0.143 e. The second kappa shape index (κ2) is 3.29. The Hall–Kier alpha value is -1.46. The first-order chi connectivity index (χ1) is 7.34. The molecule has 0 aliphatic heterocycles. The van der Waals surface area contributed by atoms with Gasteiger partial charge in [-0.1, -0.05) is 11.3 Å². The third kappa shape index (κ3) is 1.40. The van der Waals surface area contributed by atoms with Crippen LogP contribution in [0, 0.1) is 0 Å². The minimum absolute atomic E-state index is 0.814. The summed E-state index contributed by atoms with van der Waals surface area (Å²) in [7, 11) is 0. The lowest BCUT2D eigenvalue weighted by molar-refractivity contribution is 1.41. The Balaban J connectivity index is 2.24. The van der Waals surface area contributed by atoms with Crippen LogP contribution in [-0.2, 0) is 0 Å². The number of nitrogen functional groups attached to an aromatic ring is 1.